The van der Waals surface area contributed by atoms with Crippen LogP contribution in [-0.4, -0.2) is 37.9 Å². The molecule has 0 radical (unpaired) electrons. The Morgan fingerprint density at radius 1 is 0.371 bits per heavy atom. The fourth-order valence-electron chi connectivity index (χ4n) is 6.28. The molecular formula is C57H92O5. The zero-order valence-electron chi connectivity index (χ0n) is 40.1. The second-order valence-electron chi connectivity index (χ2n) is 15.9. The van der Waals surface area contributed by atoms with E-state index in [1.807, 2.05) is 0 Å². The third kappa shape index (κ3) is 49.0. The number of unbranched alkanes of at least 4 members (excludes halogenated alkanes) is 13. The lowest BCUT2D eigenvalue weighted by Crippen LogP contribution is -2.30. The van der Waals surface area contributed by atoms with Gasteiger partial charge in [0.1, 0.15) is 6.61 Å². The van der Waals surface area contributed by atoms with Crippen molar-refractivity contribution < 1.29 is 23.8 Å². The molecule has 0 aromatic heterocycles. The van der Waals surface area contributed by atoms with Gasteiger partial charge in [-0.15, -0.1) is 0 Å². The second-order valence-corrected chi connectivity index (χ2v) is 15.9. The molecule has 0 aromatic carbocycles. The minimum Gasteiger partial charge on any atom is -0.462 e. The van der Waals surface area contributed by atoms with Crippen LogP contribution in [0.25, 0.3) is 0 Å². The normalized spacial score (nSPS) is 13.3. The van der Waals surface area contributed by atoms with Crippen LogP contribution in [0.5, 0.6) is 0 Å². The standard InChI is InChI=1S/C57H92O5/c1-4-7-10-13-16-19-22-25-28-31-34-37-40-43-46-49-52-60-53-55(62-57(59)51-48-45-42-39-36-33-30-27-24-21-18-15-12-9-6-3)54-61-56(58)50-47-44-41-38-35-32-29-26-23-20-17-14-11-8-5-2/h7-8,10-11,16-21,25-30,34-35,37-38,55H,4-6,9,12-15,22-24,31-33,36,39-54H2,1-3H3/b10-7-,11-8-,19-16-,20-17-,21-18-,28-25-,29-26-,30-27-,37-34-,38-35-. The molecule has 0 aliphatic heterocycles. The monoisotopic (exact) mass is 857 g/mol. The smallest absolute Gasteiger partial charge is 0.306 e. The van der Waals surface area contributed by atoms with Gasteiger partial charge < -0.3 is 14.2 Å². The van der Waals surface area contributed by atoms with Crippen molar-refractivity contribution >= 4 is 11.9 Å². The van der Waals surface area contributed by atoms with Crippen molar-refractivity contribution in [3.8, 4) is 0 Å². The molecule has 0 fully saturated rings. The first-order valence-electron chi connectivity index (χ1n) is 25.1. The van der Waals surface area contributed by atoms with Crippen LogP contribution >= 0.6 is 0 Å². The van der Waals surface area contributed by atoms with Crippen molar-refractivity contribution in [2.75, 3.05) is 19.8 Å². The molecule has 0 saturated heterocycles. The van der Waals surface area contributed by atoms with Crippen LogP contribution in [0.3, 0.4) is 0 Å². The molecule has 0 rings (SSSR count). The molecular weight excluding hydrogens is 765 g/mol. The molecule has 0 heterocycles. The highest BCUT2D eigenvalue weighted by Gasteiger charge is 2.17. The van der Waals surface area contributed by atoms with Crippen molar-refractivity contribution in [1.29, 1.82) is 0 Å². The van der Waals surface area contributed by atoms with E-state index in [1.54, 1.807) is 0 Å². The molecule has 0 aliphatic rings. The van der Waals surface area contributed by atoms with Crippen LogP contribution in [0.2, 0.25) is 0 Å². The van der Waals surface area contributed by atoms with Crippen LogP contribution in [0, 0.1) is 0 Å². The lowest BCUT2D eigenvalue weighted by atomic mass is 10.1. The predicted molar refractivity (Wildman–Crippen MR) is 269 cm³/mol. The maximum atomic E-state index is 12.8. The van der Waals surface area contributed by atoms with Crippen molar-refractivity contribution in [3.05, 3.63) is 122 Å². The van der Waals surface area contributed by atoms with Gasteiger partial charge in [0.25, 0.3) is 0 Å². The summed E-state index contributed by atoms with van der Waals surface area (Å²) < 4.78 is 17.3. The van der Waals surface area contributed by atoms with E-state index in [0.29, 0.717) is 19.4 Å². The first-order chi connectivity index (χ1) is 30.6. The predicted octanol–water partition coefficient (Wildman–Crippen LogP) is 17.0. The largest absolute Gasteiger partial charge is 0.462 e. The van der Waals surface area contributed by atoms with Gasteiger partial charge in [-0.2, -0.15) is 0 Å². The number of hydrogen-bond acceptors (Lipinski definition) is 5. The number of hydrogen-bond donors (Lipinski definition) is 0. The van der Waals surface area contributed by atoms with Crippen molar-refractivity contribution in [1.82, 2.24) is 0 Å². The quantitative estimate of drug-likeness (QED) is 0.0347. The first kappa shape index (κ1) is 58.3. The zero-order valence-corrected chi connectivity index (χ0v) is 40.1. The zero-order chi connectivity index (χ0) is 44.9. The molecule has 5 nitrogen and oxygen atoms in total. The first-order valence-corrected chi connectivity index (χ1v) is 25.1. The van der Waals surface area contributed by atoms with Crippen LogP contribution in [0.1, 0.15) is 201 Å². The number of allylic oxidation sites excluding steroid dienone is 20. The summed E-state index contributed by atoms with van der Waals surface area (Å²) in [7, 11) is 0. The summed E-state index contributed by atoms with van der Waals surface area (Å²) in [4.78, 5) is 25.4. The second kappa shape index (κ2) is 51.6. The van der Waals surface area contributed by atoms with E-state index in [0.717, 1.165) is 128 Å². The van der Waals surface area contributed by atoms with E-state index in [4.69, 9.17) is 14.2 Å². The van der Waals surface area contributed by atoms with E-state index in [-0.39, 0.29) is 25.2 Å². The average molecular weight is 857 g/mol. The van der Waals surface area contributed by atoms with Gasteiger partial charge in [-0.3, -0.25) is 9.59 Å². The number of carbonyl (C=O) groups is 2. The van der Waals surface area contributed by atoms with E-state index >= 15 is 0 Å². The minimum atomic E-state index is -0.585. The summed E-state index contributed by atoms with van der Waals surface area (Å²) in [6.07, 6.45) is 72.1. The Kier molecular flexibility index (Phi) is 48.6. The third-order valence-corrected chi connectivity index (χ3v) is 9.96. The molecule has 0 N–H and O–H groups in total. The van der Waals surface area contributed by atoms with Crippen molar-refractivity contribution in [2.24, 2.45) is 0 Å². The molecule has 62 heavy (non-hydrogen) atoms. The Bertz CT molecular complexity index is 1290. The Labute approximate surface area is 382 Å². The summed E-state index contributed by atoms with van der Waals surface area (Å²) >= 11 is 0. The Morgan fingerprint density at radius 2 is 0.726 bits per heavy atom. The van der Waals surface area contributed by atoms with E-state index in [9.17, 15) is 9.59 Å². The maximum Gasteiger partial charge on any atom is 0.306 e. The van der Waals surface area contributed by atoms with Gasteiger partial charge in [-0.25, -0.2) is 0 Å². The van der Waals surface area contributed by atoms with E-state index in [1.165, 1.54) is 38.5 Å². The minimum absolute atomic E-state index is 0.0371. The van der Waals surface area contributed by atoms with Crippen LogP contribution in [0.4, 0.5) is 0 Å². The fourth-order valence-corrected chi connectivity index (χ4v) is 6.28. The number of rotatable bonds is 44. The SMILES string of the molecule is CC/C=C\C/C=C\C/C=C\C/C=C\CCCCCOCC(COC(=O)CCCC/C=C\C/C=C\C/C=C\C/C=C\CC)OC(=O)CCCCCCC/C=C\C/C=C\CCCCC. The molecule has 1 atom stereocenters. The highest BCUT2D eigenvalue weighted by molar-refractivity contribution is 5.70. The van der Waals surface area contributed by atoms with E-state index < -0.39 is 6.10 Å². The lowest BCUT2D eigenvalue weighted by Gasteiger charge is -2.18. The maximum absolute atomic E-state index is 12.8. The average Bonchev–Trinajstić information content (AvgIpc) is 3.27. The van der Waals surface area contributed by atoms with Gasteiger partial charge in [0.15, 0.2) is 6.10 Å². The molecule has 0 bridgehead atoms. The summed E-state index contributed by atoms with van der Waals surface area (Å²) in [5.41, 5.74) is 0. The number of carbonyl (C=O) groups excluding carboxylic acids is 2. The summed E-state index contributed by atoms with van der Waals surface area (Å²) in [5, 5.41) is 0. The van der Waals surface area contributed by atoms with Gasteiger partial charge in [0.2, 0.25) is 0 Å². The molecule has 0 spiro atoms. The topological polar surface area (TPSA) is 61.8 Å². The summed E-state index contributed by atoms with van der Waals surface area (Å²) in [6, 6.07) is 0. The molecule has 0 saturated carbocycles. The highest BCUT2D eigenvalue weighted by atomic mass is 16.6. The van der Waals surface area contributed by atoms with Gasteiger partial charge in [-0.1, -0.05) is 181 Å². The third-order valence-electron chi connectivity index (χ3n) is 9.96. The molecule has 0 aliphatic carbocycles. The molecule has 0 aromatic rings. The van der Waals surface area contributed by atoms with Crippen LogP contribution < -0.4 is 0 Å². The highest BCUT2D eigenvalue weighted by Crippen LogP contribution is 2.11. The summed E-state index contributed by atoms with van der Waals surface area (Å²) in [6.45, 7) is 7.42. The molecule has 350 valence electrons. The molecule has 5 heteroatoms. The van der Waals surface area contributed by atoms with Crippen LogP contribution in [0.15, 0.2) is 122 Å². The van der Waals surface area contributed by atoms with Crippen molar-refractivity contribution in [3.63, 3.8) is 0 Å². The number of ether oxygens (including phenoxy) is 3. The van der Waals surface area contributed by atoms with Gasteiger partial charge in [0, 0.05) is 19.4 Å². The number of esters is 2. The fraction of sp³-hybridized carbons (Fsp3) is 0.614. The van der Waals surface area contributed by atoms with Gasteiger partial charge in [-0.05, 0) is 128 Å². The summed E-state index contributed by atoms with van der Waals surface area (Å²) in [5.74, 6) is -0.489. The van der Waals surface area contributed by atoms with E-state index in [2.05, 4.69) is 142 Å². The lowest BCUT2D eigenvalue weighted by molar-refractivity contribution is -0.163. The van der Waals surface area contributed by atoms with Gasteiger partial charge >= 0.3 is 11.9 Å². The van der Waals surface area contributed by atoms with Crippen molar-refractivity contribution in [2.45, 2.75) is 207 Å². The molecule has 0 amide bonds. The molecule has 1 unspecified atom stereocenters. The van der Waals surface area contributed by atoms with Crippen LogP contribution in [-0.2, 0) is 23.8 Å². The van der Waals surface area contributed by atoms with Gasteiger partial charge in [0.05, 0.1) is 6.61 Å². The Hall–Kier alpha value is -3.70. The Balaban J connectivity index is 4.46. The Morgan fingerprint density at radius 3 is 1.19 bits per heavy atom.